The van der Waals surface area contributed by atoms with Gasteiger partial charge in [-0.25, -0.2) is 0 Å². The Labute approximate surface area is 341 Å². The van der Waals surface area contributed by atoms with Gasteiger partial charge in [0.1, 0.15) is 0 Å². The van der Waals surface area contributed by atoms with Crippen molar-refractivity contribution in [2.45, 2.75) is 19.3 Å². The summed E-state index contributed by atoms with van der Waals surface area (Å²) >= 11 is 0. The molecule has 2 aromatic heterocycles. The molecule has 2 heteroatoms. The molecule has 10 aromatic carbocycles. The Morgan fingerprint density at radius 3 is 1.68 bits per heavy atom. The van der Waals surface area contributed by atoms with E-state index in [0.29, 0.717) is 0 Å². The normalized spacial score (nSPS) is 13.4. The van der Waals surface area contributed by atoms with Gasteiger partial charge in [-0.2, -0.15) is 0 Å². The van der Waals surface area contributed by atoms with Crippen molar-refractivity contribution in [3.8, 4) is 33.6 Å². The van der Waals surface area contributed by atoms with Gasteiger partial charge < -0.3 is 9.13 Å². The molecule has 0 bridgehead atoms. The lowest BCUT2D eigenvalue weighted by atomic mass is 9.82. The van der Waals surface area contributed by atoms with E-state index >= 15 is 0 Å². The van der Waals surface area contributed by atoms with E-state index in [2.05, 4.69) is 217 Å². The van der Waals surface area contributed by atoms with Gasteiger partial charge in [0.25, 0.3) is 0 Å². The number of fused-ring (bicyclic) bond motifs is 16. The average Bonchev–Trinajstić information content (AvgIpc) is 3.89. The molecule has 1 aliphatic rings. The van der Waals surface area contributed by atoms with Gasteiger partial charge in [0.15, 0.2) is 0 Å². The van der Waals surface area contributed by atoms with Gasteiger partial charge in [-0.1, -0.05) is 153 Å². The molecule has 1 aliphatic carbocycles. The maximum absolute atomic E-state index is 2.49. The minimum Gasteiger partial charge on any atom is -0.309 e. The number of benzene rings is 10. The fourth-order valence-electron chi connectivity index (χ4n) is 10.8. The topological polar surface area (TPSA) is 9.86 Å². The van der Waals surface area contributed by atoms with E-state index in [1.807, 2.05) is 0 Å². The molecule has 0 aliphatic heterocycles. The third-order valence-electron chi connectivity index (χ3n) is 13.5. The molecule has 59 heavy (non-hydrogen) atoms. The lowest BCUT2D eigenvalue weighted by Crippen LogP contribution is -2.15. The summed E-state index contributed by atoms with van der Waals surface area (Å²) in [4.78, 5) is 0. The number of aromatic nitrogens is 2. The molecule has 12 aromatic rings. The van der Waals surface area contributed by atoms with Gasteiger partial charge >= 0.3 is 0 Å². The van der Waals surface area contributed by atoms with E-state index in [4.69, 9.17) is 0 Å². The molecule has 0 saturated heterocycles. The zero-order valence-corrected chi connectivity index (χ0v) is 32.9. The second-order valence-corrected chi connectivity index (χ2v) is 16.9. The molecule has 13 rings (SSSR count). The molecule has 2 heterocycles. The monoisotopic (exact) mass is 750 g/mol. The molecular weight excluding hydrogens is 713 g/mol. The van der Waals surface area contributed by atoms with Gasteiger partial charge in [0, 0.05) is 43.7 Å². The van der Waals surface area contributed by atoms with Crippen molar-refractivity contribution in [2.75, 3.05) is 0 Å². The number of hydrogen-bond donors (Lipinski definition) is 0. The molecule has 0 radical (unpaired) electrons. The summed E-state index contributed by atoms with van der Waals surface area (Å²) in [6, 6.07) is 72.4. The van der Waals surface area contributed by atoms with Crippen LogP contribution >= 0.6 is 0 Å². The fraction of sp³-hybridized carbons (Fsp3) is 0.0526. The van der Waals surface area contributed by atoms with Crippen LogP contribution in [0.1, 0.15) is 25.0 Å². The molecule has 0 saturated carbocycles. The summed E-state index contributed by atoms with van der Waals surface area (Å²) in [6.07, 6.45) is 0. The molecule has 276 valence electrons. The van der Waals surface area contributed by atoms with E-state index in [9.17, 15) is 0 Å². The predicted octanol–water partition coefficient (Wildman–Crippen LogP) is 15.3. The SMILES string of the molecule is CC1(C)c2ccccc2-c2ccc(-n3c4ccccc4c4ccc(-c5ccc6c7ccccc7c7ccc8c(c9ccccc9n8-c8ccccc8)c7c6c5)cc43)cc21. The Hall–Kier alpha value is -7.42. The van der Waals surface area contributed by atoms with Gasteiger partial charge in [-0.05, 0) is 115 Å². The third-order valence-corrected chi connectivity index (χ3v) is 13.5. The van der Waals surface area contributed by atoms with E-state index in [-0.39, 0.29) is 5.41 Å². The first-order valence-electron chi connectivity index (χ1n) is 20.7. The standard InChI is InChI=1S/C57H38N2/c1-57(2)49-21-11-8-18-42(49)43-29-26-38(34-50(43)57)59-51-22-12-9-19-44(51)45-28-25-36(33-54(45)59)35-24-27-41-39-16-6-7-17-40(39)46-30-31-53-56(55(46)48(41)32-35)47-20-10-13-23-52(47)58(53)37-14-4-3-5-15-37/h3-34H,1-2H3. The minimum atomic E-state index is -0.0806. The molecule has 0 N–H and O–H groups in total. The van der Waals surface area contributed by atoms with Crippen molar-refractivity contribution in [1.29, 1.82) is 0 Å². The van der Waals surface area contributed by atoms with E-state index in [1.165, 1.54) is 121 Å². The number of rotatable bonds is 3. The highest BCUT2D eigenvalue weighted by molar-refractivity contribution is 6.35. The number of hydrogen-bond acceptors (Lipinski definition) is 0. The van der Waals surface area contributed by atoms with Crippen molar-refractivity contribution in [3.63, 3.8) is 0 Å². The van der Waals surface area contributed by atoms with Gasteiger partial charge in [0.05, 0.1) is 22.1 Å². The number of para-hydroxylation sites is 3. The van der Waals surface area contributed by atoms with E-state index in [1.54, 1.807) is 0 Å². The Morgan fingerprint density at radius 2 is 0.864 bits per heavy atom. The van der Waals surface area contributed by atoms with Crippen molar-refractivity contribution in [3.05, 3.63) is 205 Å². The first-order valence-corrected chi connectivity index (χ1v) is 20.7. The molecule has 0 atom stereocenters. The van der Waals surface area contributed by atoms with Crippen molar-refractivity contribution < 1.29 is 0 Å². The second-order valence-electron chi connectivity index (χ2n) is 16.9. The molecule has 2 nitrogen and oxygen atoms in total. The van der Waals surface area contributed by atoms with E-state index < -0.39 is 0 Å². The number of nitrogens with zero attached hydrogens (tertiary/aromatic N) is 2. The molecular formula is C57H38N2. The van der Waals surface area contributed by atoms with E-state index in [0.717, 1.165) is 0 Å². The Bertz CT molecular complexity index is 3750. The summed E-state index contributed by atoms with van der Waals surface area (Å²) in [5.41, 5.74) is 15.0. The second kappa shape index (κ2) is 11.8. The van der Waals surface area contributed by atoms with Gasteiger partial charge in [0.2, 0.25) is 0 Å². The van der Waals surface area contributed by atoms with Crippen LogP contribution < -0.4 is 0 Å². The van der Waals surface area contributed by atoms with Gasteiger partial charge in [-0.3, -0.25) is 0 Å². The minimum absolute atomic E-state index is 0.0806. The predicted molar refractivity (Wildman–Crippen MR) is 251 cm³/mol. The van der Waals surface area contributed by atoms with Crippen LogP contribution in [0.4, 0.5) is 0 Å². The van der Waals surface area contributed by atoms with Crippen LogP contribution in [0.3, 0.4) is 0 Å². The Morgan fingerprint density at radius 1 is 0.305 bits per heavy atom. The largest absolute Gasteiger partial charge is 0.309 e. The quantitative estimate of drug-likeness (QED) is 0.159. The first kappa shape index (κ1) is 32.6. The Kier molecular flexibility index (Phi) is 6.54. The zero-order valence-electron chi connectivity index (χ0n) is 32.9. The third kappa shape index (κ3) is 4.41. The van der Waals surface area contributed by atoms with Crippen molar-refractivity contribution in [2.24, 2.45) is 0 Å². The lowest BCUT2D eigenvalue weighted by molar-refractivity contribution is 0.660. The maximum atomic E-state index is 2.49. The van der Waals surface area contributed by atoms with Gasteiger partial charge in [-0.15, -0.1) is 0 Å². The summed E-state index contributed by atoms with van der Waals surface area (Å²) < 4.78 is 4.92. The highest BCUT2D eigenvalue weighted by Gasteiger charge is 2.35. The van der Waals surface area contributed by atoms with Crippen LogP contribution in [0.15, 0.2) is 194 Å². The highest BCUT2D eigenvalue weighted by atomic mass is 15.0. The summed E-state index contributed by atoms with van der Waals surface area (Å²) in [5, 5.41) is 12.8. The highest BCUT2D eigenvalue weighted by Crippen LogP contribution is 2.50. The average molecular weight is 751 g/mol. The van der Waals surface area contributed by atoms with Crippen LogP contribution in [0.5, 0.6) is 0 Å². The van der Waals surface area contributed by atoms with Crippen LogP contribution in [0.2, 0.25) is 0 Å². The summed E-state index contributed by atoms with van der Waals surface area (Å²) in [5.74, 6) is 0. The molecule has 0 unspecified atom stereocenters. The summed E-state index contributed by atoms with van der Waals surface area (Å²) in [6.45, 7) is 4.73. The summed E-state index contributed by atoms with van der Waals surface area (Å²) in [7, 11) is 0. The van der Waals surface area contributed by atoms with Crippen LogP contribution in [-0.2, 0) is 5.41 Å². The molecule has 0 spiro atoms. The first-order chi connectivity index (χ1) is 29.0. The van der Waals surface area contributed by atoms with Crippen molar-refractivity contribution in [1.82, 2.24) is 9.13 Å². The molecule has 0 fully saturated rings. The zero-order chi connectivity index (χ0) is 39.0. The van der Waals surface area contributed by atoms with Crippen LogP contribution in [0.25, 0.3) is 110 Å². The molecule has 0 amide bonds. The van der Waals surface area contributed by atoms with Crippen LogP contribution in [-0.4, -0.2) is 9.13 Å². The Balaban J connectivity index is 1.08. The van der Waals surface area contributed by atoms with Crippen molar-refractivity contribution >= 4 is 75.9 Å². The smallest absolute Gasteiger partial charge is 0.0547 e. The lowest BCUT2D eigenvalue weighted by Gasteiger charge is -2.22. The maximum Gasteiger partial charge on any atom is 0.0547 e. The van der Waals surface area contributed by atoms with Crippen LogP contribution in [0, 0.1) is 0 Å². The fourth-order valence-corrected chi connectivity index (χ4v) is 10.8.